The predicted molar refractivity (Wildman–Crippen MR) is 111 cm³/mol. The second-order valence-electron chi connectivity index (χ2n) is 7.09. The Bertz CT molecular complexity index is 840. The summed E-state index contributed by atoms with van der Waals surface area (Å²) < 4.78 is 27.0. The van der Waals surface area contributed by atoms with E-state index in [1.165, 1.54) is 4.31 Å². The van der Waals surface area contributed by atoms with Crippen LogP contribution in [-0.4, -0.2) is 70.2 Å². The van der Waals surface area contributed by atoms with Gasteiger partial charge in [0.2, 0.25) is 15.9 Å². The van der Waals surface area contributed by atoms with Crippen molar-refractivity contribution >= 4 is 27.6 Å². The van der Waals surface area contributed by atoms with E-state index in [2.05, 4.69) is 15.6 Å². The minimum atomic E-state index is -3.39. The quantitative estimate of drug-likeness (QED) is 0.531. The van der Waals surface area contributed by atoms with Gasteiger partial charge in [-0.05, 0) is 24.5 Å². The molecule has 1 amide bonds. The number of para-hydroxylation sites is 1. The van der Waals surface area contributed by atoms with Crippen molar-refractivity contribution in [1.82, 2.24) is 15.5 Å². The molecule has 0 aromatic heterocycles. The maximum absolute atomic E-state index is 12.7. The third-order valence-electron chi connectivity index (χ3n) is 5.24. The van der Waals surface area contributed by atoms with Gasteiger partial charge in [-0.25, -0.2) is 8.42 Å². The summed E-state index contributed by atoms with van der Waals surface area (Å²) in [4.78, 5) is 17.8. The number of amides is 1. The first kappa shape index (κ1) is 20.4. The van der Waals surface area contributed by atoms with Crippen LogP contribution >= 0.6 is 0 Å². The average molecular weight is 408 g/mol. The highest BCUT2D eigenvalue weighted by Gasteiger charge is 2.29. The van der Waals surface area contributed by atoms with Crippen molar-refractivity contribution in [2.75, 3.05) is 43.3 Å². The maximum atomic E-state index is 12.7. The van der Waals surface area contributed by atoms with Gasteiger partial charge < -0.3 is 15.5 Å². The summed E-state index contributed by atoms with van der Waals surface area (Å²) in [5.74, 6) is 0.713. The fraction of sp³-hybridized carbons (Fsp3) is 0.579. The van der Waals surface area contributed by atoms with Gasteiger partial charge >= 0.3 is 0 Å². The Morgan fingerprint density at radius 1 is 1.29 bits per heavy atom. The molecule has 9 heteroatoms. The van der Waals surface area contributed by atoms with Crippen LogP contribution in [-0.2, 0) is 21.2 Å². The SMILES string of the molecule is CCC(=O)N1CCC(NC(=NC)NCCS(=O)(=O)N2CCc3ccccc32)C1. The normalized spacial score (nSPS) is 19.6. The Balaban J connectivity index is 1.49. The van der Waals surface area contributed by atoms with Gasteiger partial charge in [-0.15, -0.1) is 0 Å². The lowest BCUT2D eigenvalue weighted by Crippen LogP contribution is -2.46. The minimum absolute atomic E-state index is 0.00680. The number of hydrogen-bond donors (Lipinski definition) is 2. The van der Waals surface area contributed by atoms with Crippen molar-refractivity contribution in [1.29, 1.82) is 0 Å². The van der Waals surface area contributed by atoms with Crippen molar-refractivity contribution in [2.24, 2.45) is 4.99 Å². The highest BCUT2D eigenvalue weighted by Crippen LogP contribution is 2.29. The lowest BCUT2D eigenvalue weighted by molar-refractivity contribution is -0.129. The van der Waals surface area contributed by atoms with Gasteiger partial charge in [0.25, 0.3) is 0 Å². The molecule has 2 heterocycles. The summed E-state index contributed by atoms with van der Waals surface area (Å²) in [5.41, 5.74) is 1.86. The Labute approximate surface area is 167 Å². The Kier molecular flexibility index (Phi) is 6.43. The van der Waals surface area contributed by atoms with E-state index < -0.39 is 10.0 Å². The molecule has 0 radical (unpaired) electrons. The molecule has 154 valence electrons. The molecule has 1 fully saturated rings. The fourth-order valence-electron chi connectivity index (χ4n) is 3.72. The second kappa shape index (κ2) is 8.81. The number of fused-ring (bicyclic) bond motifs is 1. The molecule has 8 nitrogen and oxygen atoms in total. The number of benzene rings is 1. The molecule has 0 saturated carbocycles. The standard InChI is InChI=1S/C19H29N5O3S/c1-3-18(25)23-11-9-16(14-23)22-19(20-2)21-10-13-28(26,27)24-12-8-15-6-4-5-7-17(15)24/h4-7,16H,3,8-14H2,1-2H3,(H2,20,21,22). The number of anilines is 1. The number of carbonyl (C=O) groups excluding carboxylic acids is 1. The van der Waals surface area contributed by atoms with Gasteiger partial charge in [-0.2, -0.15) is 0 Å². The maximum Gasteiger partial charge on any atom is 0.236 e. The largest absolute Gasteiger partial charge is 0.355 e. The molecular formula is C19H29N5O3S. The van der Waals surface area contributed by atoms with Crippen molar-refractivity contribution in [3.8, 4) is 0 Å². The van der Waals surface area contributed by atoms with Crippen LogP contribution in [0.3, 0.4) is 0 Å². The van der Waals surface area contributed by atoms with Crippen molar-refractivity contribution in [3.05, 3.63) is 29.8 Å². The van der Waals surface area contributed by atoms with Gasteiger partial charge in [0.05, 0.1) is 11.4 Å². The third-order valence-corrected chi connectivity index (χ3v) is 7.01. The fourth-order valence-corrected chi connectivity index (χ4v) is 5.15. The molecule has 1 unspecified atom stereocenters. The van der Waals surface area contributed by atoms with Crippen molar-refractivity contribution in [3.63, 3.8) is 0 Å². The van der Waals surface area contributed by atoms with E-state index in [1.54, 1.807) is 7.05 Å². The number of nitrogens with one attached hydrogen (secondary N) is 2. The molecule has 2 N–H and O–H groups in total. The highest BCUT2D eigenvalue weighted by atomic mass is 32.2. The number of nitrogens with zero attached hydrogens (tertiary/aromatic N) is 3. The van der Waals surface area contributed by atoms with Crippen LogP contribution < -0.4 is 14.9 Å². The van der Waals surface area contributed by atoms with E-state index in [0.29, 0.717) is 25.5 Å². The van der Waals surface area contributed by atoms with E-state index in [0.717, 1.165) is 30.6 Å². The van der Waals surface area contributed by atoms with E-state index in [9.17, 15) is 13.2 Å². The summed E-state index contributed by atoms with van der Waals surface area (Å²) in [7, 11) is -1.74. The van der Waals surface area contributed by atoms with Crippen LogP contribution in [0.2, 0.25) is 0 Å². The molecular weight excluding hydrogens is 378 g/mol. The van der Waals surface area contributed by atoms with E-state index >= 15 is 0 Å². The molecule has 1 aromatic carbocycles. The zero-order chi connectivity index (χ0) is 20.1. The van der Waals surface area contributed by atoms with E-state index in [-0.39, 0.29) is 24.2 Å². The molecule has 28 heavy (non-hydrogen) atoms. The van der Waals surface area contributed by atoms with Crippen LogP contribution in [0.1, 0.15) is 25.3 Å². The first-order valence-electron chi connectivity index (χ1n) is 9.78. The predicted octanol–water partition coefficient (Wildman–Crippen LogP) is 0.555. The van der Waals surface area contributed by atoms with Crippen LogP contribution in [0.15, 0.2) is 29.3 Å². The molecule has 3 rings (SSSR count). The topological polar surface area (TPSA) is 94.1 Å². The zero-order valence-electron chi connectivity index (χ0n) is 16.5. The van der Waals surface area contributed by atoms with Crippen molar-refractivity contribution < 1.29 is 13.2 Å². The average Bonchev–Trinajstić information content (AvgIpc) is 3.33. The van der Waals surface area contributed by atoms with E-state index in [4.69, 9.17) is 0 Å². The van der Waals surface area contributed by atoms with Crippen LogP contribution in [0.5, 0.6) is 0 Å². The van der Waals surface area contributed by atoms with Crippen LogP contribution in [0.4, 0.5) is 5.69 Å². The molecule has 1 aromatic rings. The molecule has 0 bridgehead atoms. The molecule has 2 aliphatic heterocycles. The van der Waals surface area contributed by atoms with Gasteiger partial charge in [0.1, 0.15) is 0 Å². The van der Waals surface area contributed by atoms with Gasteiger partial charge in [0.15, 0.2) is 5.96 Å². The third kappa shape index (κ3) is 4.57. The molecule has 0 spiro atoms. The van der Waals surface area contributed by atoms with Gasteiger partial charge in [-0.3, -0.25) is 14.1 Å². The zero-order valence-corrected chi connectivity index (χ0v) is 17.3. The first-order chi connectivity index (χ1) is 13.4. The molecule has 1 atom stereocenters. The van der Waals surface area contributed by atoms with Gasteiger partial charge in [-0.1, -0.05) is 25.1 Å². The number of guanidine groups is 1. The highest BCUT2D eigenvalue weighted by molar-refractivity contribution is 7.92. The summed E-state index contributed by atoms with van der Waals surface area (Å²) in [6, 6.07) is 7.76. The lowest BCUT2D eigenvalue weighted by Gasteiger charge is -2.21. The summed E-state index contributed by atoms with van der Waals surface area (Å²) in [6.45, 7) is 4.02. The Morgan fingerprint density at radius 2 is 2.07 bits per heavy atom. The number of likely N-dealkylation sites (tertiary alicyclic amines) is 1. The molecule has 0 aliphatic carbocycles. The number of hydrogen-bond acceptors (Lipinski definition) is 4. The molecule has 1 saturated heterocycles. The van der Waals surface area contributed by atoms with Crippen LogP contribution in [0.25, 0.3) is 0 Å². The second-order valence-corrected chi connectivity index (χ2v) is 9.10. The number of sulfonamides is 1. The summed E-state index contributed by atoms with van der Waals surface area (Å²) >= 11 is 0. The monoisotopic (exact) mass is 407 g/mol. The van der Waals surface area contributed by atoms with Crippen LogP contribution in [0, 0.1) is 0 Å². The van der Waals surface area contributed by atoms with Gasteiger partial charge in [0, 0.05) is 45.7 Å². The number of aliphatic imine (C=N–C) groups is 1. The summed E-state index contributed by atoms with van der Waals surface area (Å²) in [6.07, 6.45) is 2.12. The minimum Gasteiger partial charge on any atom is -0.355 e. The van der Waals surface area contributed by atoms with Crippen molar-refractivity contribution in [2.45, 2.75) is 32.2 Å². The lowest BCUT2D eigenvalue weighted by atomic mass is 10.2. The number of rotatable bonds is 6. The smallest absolute Gasteiger partial charge is 0.236 e. The Morgan fingerprint density at radius 3 is 2.82 bits per heavy atom. The van der Waals surface area contributed by atoms with E-state index in [1.807, 2.05) is 36.1 Å². The molecule has 2 aliphatic rings. The first-order valence-corrected chi connectivity index (χ1v) is 11.4. The number of carbonyl (C=O) groups is 1. The summed E-state index contributed by atoms with van der Waals surface area (Å²) in [5, 5.41) is 6.37. The Hall–Kier alpha value is -2.29.